The van der Waals surface area contributed by atoms with Crippen LogP contribution in [0.3, 0.4) is 0 Å². The Morgan fingerprint density at radius 1 is 1.05 bits per heavy atom. The third-order valence-corrected chi connectivity index (χ3v) is 3.49. The van der Waals surface area contributed by atoms with Crippen molar-refractivity contribution in [1.29, 1.82) is 0 Å². The van der Waals surface area contributed by atoms with Crippen molar-refractivity contribution >= 4 is 22.0 Å². The van der Waals surface area contributed by atoms with E-state index in [0.717, 1.165) is 4.47 Å². The fourth-order valence-corrected chi connectivity index (χ4v) is 2.19. The highest BCUT2D eigenvalue weighted by molar-refractivity contribution is 9.10. The summed E-state index contributed by atoms with van der Waals surface area (Å²) in [6.45, 7) is 0. The van der Waals surface area contributed by atoms with Gasteiger partial charge in [-0.2, -0.15) is 0 Å². The van der Waals surface area contributed by atoms with Crippen LogP contribution in [0.25, 0.3) is 6.08 Å². The van der Waals surface area contributed by atoms with Gasteiger partial charge in [-0.15, -0.1) is 12.3 Å². The fraction of sp³-hybridized carbons (Fsp3) is 0.111. The van der Waals surface area contributed by atoms with Crippen LogP contribution in [0.4, 0.5) is 0 Å². The van der Waals surface area contributed by atoms with Crippen LogP contribution in [0.15, 0.2) is 65.1 Å². The summed E-state index contributed by atoms with van der Waals surface area (Å²) in [5.41, 5.74) is 2.44. The first-order valence-corrected chi connectivity index (χ1v) is 7.01. The Kier molecular flexibility index (Phi) is 5.01. The molecule has 0 aliphatic carbocycles. The van der Waals surface area contributed by atoms with Gasteiger partial charge < -0.3 is 0 Å². The minimum Gasteiger partial charge on any atom is -0.120 e. The summed E-state index contributed by atoms with van der Waals surface area (Å²) in [6.07, 6.45) is 10.5. The third-order valence-electron chi connectivity index (χ3n) is 2.96. The molecule has 2 aromatic carbocycles. The molecule has 0 spiro atoms. The smallest absolute Gasteiger partial charge is 0.0190 e. The molecule has 1 atom stereocenters. The fourth-order valence-electron chi connectivity index (χ4n) is 1.93. The summed E-state index contributed by atoms with van der Waals surface area (Å²) in [7, 11) is 0. The van der Waals surface area contributed by atoms with Crippen molar-refractivity contribution in [3.8, 4) is 12.3 Å². The van der Waals surface area contributed by atoms with Gasteiger partial charge in [0.2, 0.25) is 0 Å². The Hall–Kier alpha value is -1.78. The zero-order valence-corrected chi connectivity index (χ0v) is 12.2. The van der Waals surface area contributed by atoms with Gasteiger partial charge in [-0.3, -0.25) is 0 Å². The number of terminal acetylenes is 1. The molecule has 0 radical (unpaired) electrons. The molecule has 0 nitrogen and oxygen atoms in total. The van der Waals surface area contributed by atoms with Gasteiger partial charge in [0, 0.05) is 16.8 Å². The van der Waals surface area contributed by atoms with E-state index in [1.54, 1.807) is 0 Å². The maximum atomic E-state index is 5.47. The molecule has 0 fully saturated rings. The van der Waals surface area contributed by atoms with E-state index >= 15 is 0 Å². The molecule has 0 amide bonds. The minimum absolute atomic E-state index is 0.262. The Labute approximate surface area is 123 Å². The Morgan fingerprint density at radius 2 is 1.74 bits per heavy atom. The quantitative estimate of drug-likeness (QED) is 0.675. The molecule has 0 aromatic heterocycles. The van der Waals surface area contributed by atoms with E-state index in [-0.39, 0.29) is 5.92 Å². The minimum atomic E-state index is 0.262. The average molecular weight is 311 g/mol. The molecule has 2 aromatic rings. The largest absolute Gasteiger partial charge is 0.120 e. The molecule has 19 heavy (non-hydrogen) atoms. The molecule has 0 aliphatic rings. The Morgan fingerprint density at radius 3 is 2.37 bits per heavy atom. The van der Waals surface area contributed by atoms with E-state index < -0.39 is 0 Å². The van der Waals surface area contributed by atoms with Crippen LogP contribution in [-0.4, -0.2) is 0 Å². The molecule has 0 saturated carbocycles. The van der Waals surface area contributed by atoms with Gasteiger partial charge in [-0.05, 0) is 23.3 Å². The topological polar surface area (TPSA) is 0 Å². The Balaban J connectivity index is 2.19. The van der Waals surface area contributed by atoms with Crippen molar-refractivity contribution in [3.05, 3.63) is 76.3 Å². The SMILES string of the molecule is C#CCC(C=Cc1ccccc1)c1ccc(Br)cc1. The Bertz CT molecular complexity index is 573. The van der Waals surface area contributed by atoms with E-state index in [4.69, 9.17) is 6.42 Å². The van der Waals surface area contributed by atoms with Crippen LogP contribution in [0.5, 0.6) is 0 Å². The van der Waals surface area contributed by atoms with Crippen LogP contribution >= 0.6 is 15.9 Å². The molecule has 0 N–H and O–H groups in total. The second kappa shape index (κ2) is 6.97. The maximum Gasteiger partial charge on any atom is 0.0190 e. The van der Waals surface area contributed by atoms with Gasteiger partial charge >= 0.3 is 0 Å². The molecule has 1 unspecified atom stereocenters. The predicted molar refractivity (Wildman–Crippen MR) is 85.8 cm³/mol. The number of hydrogen-bond donors (Lipinski definition) is 0. The van der Waals surface area contributed by atoms with Gasteiger partial charge in [0.15, 0.2) is 0 Å². The zero-order chi connectivity index (χ0) is 13.5. The second-order valence-corrected chi connectivity index (χ2v) is 5.25. The number of benzene rings is 2. The monoisotopic (exact) mass is 310 g/mol. The van der Waals surface area contributed by atoms with Crippen molar-refractivity contribution in [2.45, 2.75) is 12.3 Å². The first-order chi connectivity index (χ1) is 9.29. The van der Waals surface area contributed by atoms with E-state index in [9.17, 15) is 0 Å². The number of allylic oxidation sites excluding steroid dienone is 1. The van der Waals surface area contributed by atoms with Crippen LogP contribution in [0.2, 0.25) is 0 Å². The first kappa shape index (κ1) is 13.6. The summed E-state index contributed by atoms with van der Waals surface area (Å²) in [6, 6.07) is 18.6. The molecule has 94 valence electrons. The van der Waals surface area contributed by atoms with Gasteiger partial charge in [-0.1, -0.05) is 70.5 Å². The van der Waals surface area contributed by atoms with E-state index in [0.29, 0.717) is 6.42 Å². The highest BCUT2D eigenvalue weighted by Crippen LogP contribution is 2.23. The van der Waals surface area contributed by atoms with Crippen LogP contribution in [0, 0.1) is 12.3 Å². The van der Waals surface area contributed by atoms with Crippen molar-refractivity contribution < 1.29 is 0 Å². The molecular weight excluding hydrogens is 296 g/mol. The standard InChI is InChI=1S/C18H15Br/c1-2-6-16(17-11-13-18(19)14-12-17)10-9-15-7-4-3-5-8-15/h1,3-5,7-14,16H,6H2. The van der Waals surface area contributed by atoms with Gasteiger partial charge in [-0.25, -0.2) is 0 Å². The van der Waals surface area contributed by atoms with E-state index in [1.807, 2.05) is 18.2 Å². The molecular formula is C18H15Br. The number of hydrogen-bond acceptors (Lipinski definition) is 0. The average Bonchev–Trinajstić information content (AvgIpc) is 2.46. The summed E-state index contributed by atoms with van der Waals surface area (Å²) in [5, 5.41) is 0. The molecule has 2 rings (SSSR count). The summed E-state index contributed by atoms with van der Waals surface area (Å²) in [4.78, 5) is 0. The predicted octanol–water partition coefficient (Wildman–Crippen LogP) is 5.27. The van der Waals surface area contributed by atoms with Crippen molar-refractivity contribution in [1.82, 2.24) is 0 Å². The zero-order valence-electron chi connectivity index (χ0n) is 10.6. The highest BCUT2D eigenvalue weighted by atomic mass is 79.9. The van der Waals surface area contributed by atoms with E-state index in [1.165, 1.54) is 11.1 Å². The van der Waals surface area contributed by atoms with Gasteiger partial charge in [0.1, 0.15) is 0 Å². The number of halogens is 1. The molecule has 0 heterocycles. The summed E-state index contributed by atoms with van der Waals surface area (Å²) < 4.78 is 1.09. The van der Waals surface area contributed by atoms with Gasteiger partial charge in [0.25, 0.3) is 0 Å². The van der Waals surface area contributed by atoms with Crippen LogP contribution < -0.4 is 0 Å². The molecule has 1 heteroatoms. The van der Waals surface area contributed by atoms with E-state index in [2.05, 4.69) is 70.4 Å². The van der Waals surface area contributed by atoms with Crippen LogP contribution in [-0.2, 0) is 0 Å². The highest BCUT2D eigenvalue weighted by Gasteiger charge is 2.06. The second-order valence-electron chi connectivity index (χ2n) is 4.34. The lowest BCUT2D eigenvalue weighted by Crippen LogP contribution is -1.93. The molecule has 0 saturated heterocycles. The van der Waals surface area contributed by atoms with Crippen molar-refractivity contribution in [3.63, 3.8) is 0 Å². The first-order valence-electron chi connectivity index (χ1n) is 6.22. The third kappa shape index (κ3) is 4.12. The van der Waals surface area contributed by atoms with Crippen LogP contribution in [0.1, 0.15) is 23.5 Å². The lowest BCUT2D eigenvalue weighted by atomic mass is 9.95. The summed E-state index contributed by atoms with van der Waals surface area (Å²) in [5.74, 6) is 3.02. The van der Waals surface area contributed by atoms with Crippen molar-refractivity contribution in [2.24, 2.45) is 0 Å². The maximum absolute atomic E-state index is 5.47. The van der Waals surface area contributed by atoms with Gasteiger partial charge in [0.05, 0.1) is 0 Å². The molecule has 0 bridgehead atoms. The summed E-state index contributed by atoms with van der Waals surface area (Å²) >= 11 is 3.45. The lowest BCUT2D eigenvalue weighted by Gasteiger charge is -2.10. The normalized spacial score (nSPS) is 12.2. The molecule has 0 aliphatic heterocycles. The number of rotatable bonds is 4. The van der Waals surface area contributed by atoms with Crippen molar-refractivity contribution in [2.75, 3.05) is 0 Å². The lowest BCUT2D eigenvalue weighted by molar-refractivity contribution is 0.887.